The Hall–Kier alpha value is -0.670. The molecule has 1 aromatic rings. The van der Waals surface area contributed by atoms with E-state index in [-0.39, 0.29) is 12.2 Å². The fraction of sp³-hybridized carbons (Fsp3) is 0.222. The van der Waals surface area contributed by atoms with Crippen LogP contribution in [0.25, 0.3) is 0 Å². The number of nitrogens with zero attached hydrogens (tertiary/aromatic N) is 1. The Morgan fingerprint density at radius 1 is 1.33 bits per heavy atom. The number of benzene rings is 1. The van der Waals surface area contributed by atoms with Gasteiger partial charge in [0, 0.05) is 0 Å². The van der Waals surface area contributed by atoms with E-state index >= 15 is 0 Å². The van der Waals surface area contributed by atoms with Crippen LogP contribution in [0.5, 0.6) is 5.75 Å². The first-order valence-corrected chi connectivity index (χ1v) is 5.43. The third kappa shape index (κ3) is 3.43. The van der Waals surface area contributed by atoms with E-state index < -0.39 is 6.61 Å². The molecule has 0 fully saturated rings. The van der Waals surface area contributed by atoms with Crippen LogP contribution in [0.3, 0.4) is 0 Å². The lowest BCUT2D eigenvalue weighted by Crippen LogP contribution is -2.03. The molecule has 6 heteroatoms. The van der Waals surface area contributed by atoms with Crippen LogP contribution < -0.4 is 4.74 Å². The van der Waals surface area contributed by atoms with Crippen LogP contribution in [-0.2, 0) is 6.42 Å². The lowest BCUT2D eigenvalue weighted by molar-refractivity contribution is -0.0508. The molecule has 0 unspecified atom stereocenters. The first-order chi connectivity index (χ1) is 7.04. The van der Waals surface area contributed by atoms with Gasteiger partial charge >= 0.3 is 6.61 Å². The van der Waals surface area contributed by atoms with Gasteiger partial charge in [-0.15, -0.1) is 0 Å². The average molecular weight is 341 g/mol. The van der Waals surface area contributed by atoms with E-state index in [1.165, 1.54) is 0 Å². The van der Waals surface area contributed by atoms with Gasteiger partial charge in [-0.1, -0.05) is 0 Å². The maximum atomic E-state index is 12.0. The van der Waals surface area contributed by atoms with Gasteiger partial charge in [0.1, 0.15) is 0 Å². The lowest BCUT2D eigenvalue weighted by atomic mass is 10.2. The van der Waals surface area contributed by atoms with Crippen LogP contribution >= 0.6 is 31.9 Å². The molecule has 0 N–H and O–H groups in total. The molecule has 0 atom stereocenters. The Kier molecular flexibility index (Phi) is 4.48. The summed E-state index contributed by atoms with van der Waals surface area (Å²) in [6, 6.07) is 5.12. The first-order valence-electron chi connectivity index (χ1n) is 3.84. The molecule has 0 aromatic heterocycles. The molecule has 0 aliphatic heterocycles. The van der Waals surface area contributed by atoms with Crippen LogP contribution in [0, 0.1) is 11.3 Å². The standard InChI is InChI=1S/C9H5Br2F2NO/c10-6-3-5(1-2-14)4-7(11)8(6)15-9(12)13/h3-4,9H,1H2. The number of halogens is 4. The monoisotopic (exact) mass is 339 g/mol. The summed E-state index contributed by atoms with van der Waals surface area (Å²) in [6.45, 7) is -2.88. The maximum absolute atomic E-state index is 12.0. The highest BCUT2D eigenvalue weighted by atomic mass is 79.9. The number of alkyl halides is 2. The van der Waals surface area contributed by atoms with Crippen molar-refractivity contribution in [1.29, 1.82) is 5.26 Å². The fourth-order valence-electron chi connectivity index (χ4n) is 1.01. The minimum absolute atomic E-state index is 0.0340. The maximum Gasteiger partial charge on any atom is 0.387 e. The van der Waals surface area contributed by atoms with Crippen molar-refractivity contribution in [3.05, 3.63) is 26.6 Å². The summed E-state index contributed by atoms with van der Waals surface area (Å²) in [5.74, 6) is 0.0340. The molecular weight excluding hydrogens is 336 g/mol. The van der Waals surface area contributed by atoms with E-state index in [0.29, 0.717) is 8.95 Å². The van der Waals surface area contributed by atoms with Crippen LogP contribution in [0.4, 0.5) is 8.78 Å². The van der Waals surface area contributed by atoms with Crippen molar-refractivity contribution in [3.63, 3.8) is 0 Å². The summed E-state index contributed by atoms with van der Waals surface area (Å²) in [5, 5.41) is 8.48. The van der Waals surface area contributed by atoms with Crippen LogP contribution in [-0.4, -0.2) is 6.61 Å². The van der Waals surface area contributed by atoms with Gasteiger partial charge in [-0.25, -0.2) is 0 Å². The summed E-state index contributed by atoms with van der Waals surface area (Å²) < 4.78 is 29.1. The predicted octanol–water partition coefficient (Wildman–Crippen LogP) is 3.88. The van der Waals surface area contributed by atoms with Gasteiger partial charge in [0.15, 0.2) is 5.75 Å². The van der Waals surface area contributed by atoms with Crippen molar-refractivity contribution in [3.8, 4) is 11.8 Å². The van der Waals surface area contributed by atoms with E-state index in [1.807, 2.05) is 6.07 Å². The summed E-state index contributed by atoms with van der Waals surface area (Å²) in [5.41, 5.74) is 0.720. The van der Waals surface area contributed by atoms with Gasteiger partial charge in [-0.2, -0.15) is 14.0 Å². The van der Waals surface area contributed by atoms with E-state index in [2.05, 4.69) is 36.6 Å². The minimum Gasteiger partial charge on any atom is -0.432 e. The molecular formula is C9H5Br2F2NO. The third-order valence-electron chi connectivity index (χ3n) is 1.55. The lowest BCUT2D eigenvalue weighted by Gasteiger charge is -2.10. The Balaban J connectivity index is 3.05. The van der Waals surface area contributed by atoms with E-state index in [0.717, 1.165) is 5.56 Å². The zero-order valence-corrected chi connectivity index (χ0v) is 10.5. The fourth-order valence-corrected chi connectivity index (χ4v) is 2.48. The number of rotatable bonds is 3. The van der Waals surface area contributed by atoms with Gasteiger partial charge in [0.2, 0.25) is 0 Å². The summed E-state index contributed by atoms with van der Waals surface area (Å²) in [4.78, 5) is 0. The summed E-state index contributed by atoms with van der Waals surface area (Å²) in [6.07, 6.45) is 0.214. The largest absolute Gasteiger partial charge is 0.432 e. The number of ether oxygens (including phenoxy) is 1. The van der Waals surface area contributed by atoms with Gasteiger partial charge in [0.25, 0.3) is 0 Å². The Labute approximate surface area is 102 Å². The summed E-state index contributed by atoms with van der Waals surface area (Å²) in [7, 11) is 0. The molecule has 2 nitrogen and oxygen atoms in total. The zero-order valence-electron chi connectivity index (χ0n) is 7.31. The SMILES string of the molecule is N#CCc1cc(Br)c(OC(F)F)c(Br)c1. The van der Waals surface area contributed by atoms with Crippen LogP contribution in [0.1, 0.15) is 5.56 Å². The third-order valence-corrected chi connectivity index (χ3v) is 2.73. The van der Waals surface area contributed by atoms with E-state index in [4.69, 9.17) is 5.26 Å². The Bertz CT molecular complexity index is 381. The average Bonchev–Trinajstić information content (AvgIpc) is 2.11. The molecule has 0 heterocycles. The molecule has 15 heavy (non-hydrogen) atoms. The molecule has 0 radical (unpaired) electrons. The number of hydrogen-bond donors (Lipinski definition) is 0. The van der Waals surface area contributed by atoms with Crippen LogP contribution in [0.15, 0.2) is 21.1 Å². The van der Waals surface area contributed by atoms with Gasteiger partial charge in [-0.05, 0) is 49.6 Å². The first kappa shape index (κ1) is 12.4. The molecule has 1 rings (SSSR count). The molecule has 0 amide bonds. The molecule has 0 spiro atoms. The van der Waals surface area contributed by atoms with E-state index in [1.54, 1.807) is 12.1 Å². The van der Waals surface area contributed by atoms with Crippen molar-refractivity contribution in [1.82, 2.24) is 0 Å². The van der Waals surface area contributed by atoms with Crippen LogP contribution in [0.2, 0.25) is 0 Å². The highest BCUT2D eigenvalue weighted by Gasteiger charge is 2.13. The van der Waals surface area contributed by atoms with Crippen molar-refractivity contribution >= 4 is 31.9 Å². The predicted molar refractivity (Wildman–Crippen MR) is 57.8 cm³/mol. The Morgan fingerprint density at radius 2 is 1.87 bits per heavy atom. The molecule has 0 saturated carbocycles. The second kappa shape index (κ2) is 5.42. The van der Waals surface area contributed by atoms with Crippen molar-refractivity contribution in [2.24, 2.45) is 0 Å². The molecule has 80 valence electrons. The van der Waals surface area contributed by atoms with E-state index in [9.17, 15) is 8.78 Å². The molecule has 0 saturated heterocycles. The molecule has 0 bridgehead atoms. The molecule has 0 aliphatic carbocycles. The van der Waals surface area contributed by atoms with Gasteiger partial charge in [0.05, 0.1) is 21.4 Å². The zero-order chi connectivity index (χ0) is 11.4. The highest BCUT2D eigenvalue weighted by Crippen LogP contribution is 2.35. The minimum atomic E-state index is -2.88. The highest BCUT2D eigenvalue weighted by molar-refractivity contribution is 9.11. The number of nitriles is 1. The van der Waals surface area contributed by atoms with Gasteiger partial charge in [-0.3, -0.25) is 0 Å². The number of hydrogen-bond acceptors (Lipinski definition) is 2. The van der Waals surface area contributed by atoms with Crippen molar-refractivity contribution in [2.45, 2.75) is 13.0 Å². The molecule has 1 aromatic carbocycles. The topological polar surface area (TPSA) is 33.0 Å². The second-order valence-electron chi connectivity index (χ2n) is 2.60. The van der Waals surface area contributed by atoms with Crippen molar-refractivity contribution < 1.29 is 13.5 Å². The van der Waals surface area contributed by atoms with Crippen molar-refractivity contribution in [2.75, 3.05) is 0 Å². The normalized spacial score (nSPS) is 10.1. The quantitative estimate of drug-likeness (QED) is 0.836. The second-order valence-corrected chi connectivity index (χ2v) is 4.31. The Morgan fingerprint density at radius 3 is 2.27 bits per heavy atom. The van der Waals surface area contributed by atoms with Gasteiger partial charge < -0.3 is 4.74 Å². The summed E-state index contributed by atoms with van der Waals surface area (Å²) >= 11 is 6.20. The smallest absolute Gasteiger partial charge is 0.387 e. The molecule has 0 aliphatic rings.